The van der Waals surface area contributed by atoms with Crippen LogP contribution in [0.4, 0.5) is 4.39 Å². The molecule has 2 aromatic carbocycles. The minimum absolute atomic E-state index is 0.318. The van der Waals surface area contributed by atoms with Crippen molar-refractivity contribution in [3.63, 3.8) is 0 Å². The summed E-state index contributed by atoms with van der Waals surface area (Å²) in [5, 5.41) is 12.3. The zero-order chi connectivity index (χ0) is 18.6. The highest BCUT2D eigenvalue weighted by Crippen LogP contribution is 2.27. The van der Waals surface area contributed by atoms with Gasteiger partial charge in [0.2, 0.25) is 17.6 Å². The van der Waals surface area contributed by atoms with Gasteiger partial charge in [-0.25, -0.2) is 4.39 Å². The first-order valence-corrected chi connectivity index (χ1v) is 8.89. The van der Waals surface area contributed by atoms with Crippen molar-refractivity contribution in [1.82, 2.24) is 20.3 Å². The molecule has 0 fully saturated rings. The first kappa shape index (κ1) is 17.2. The second-order valence-corrected chi connectivity index (χ2v) is 6.34. The number of methoxy groups -OCH3 is 1. The molecule has 0 saturated heterocycles. The van der Waals surface area contributed by atoms with Crippen LogP contribution in [0.5, 0.6) is 5.75 Å². The normalized spacial score (nSPS) is 10.9. The zero-order valence-corrected chi connectivity index (χ0v) is 14.9. The van der Waals surface area contributed by atoms with E-state index in [2.05, 4.69) is 20.3 Å². The van der Waals surface area contributed by atoms with Crippen molar-refractivity contribution in [2.75, 3.05) is 7.11 Å². The first-order chi connectivity index (χ1) is 13.2. The van der Waals surface area contributed by atoms with Crippen LogP contribution in [0.3, 0.4) is 0 Å². The number of ether oxygens (including phenoxy) is 1. The van der Waals surface area contributed by atoms with Crippen molar-refractivity contribution in [3.8, 4) is 28.6 Å². The molecule has 0 aliphatic heterocycles. The van der Waals surface area contributed by atoms with Gasteiger partial charge in [-0.1, -0.05) is 16.9 Å². The molecule has 2 aromatic heterocycles. The highest BCUT2D eigenvalue weighted by Gasteiger charge is 2.13. The van der Waals surface area contributed by atoms with E-state index in [0.29, 0.717) is 34.1 Å². The van der Waals surface area contributed by atoms with E-state index in [1.165, 1.54) is 23.9 Å². The van der Waals surface area contributed by atoms with Crippen LogP contribution in [0, 0.1) is 5.82 Å². The molecule has 0 atom stereocenters. The number of hydrogen-bond donors (Lipinski definition) is 0. The number of hydrogen-bond acceptors (Lipinski definition) is 8. The molecule has 0 spiro atoms. The summed E-state index contributed by atoms with van der Waals surface area (Å²) < 4.78 is 29.0. The van der Waals surface area contributed by atoms with Crippen molar-refractivity contribution in [2.24, 2.45) is 0 Å². The molecule has 136 valence electrons. The van der Waals surface area contributed by atoms with Gasteiger partial charge >= 0.3 is 0 Å². The van der Waals surface area contributed by atoms with Crippen molar-refractivity contribution >= 4 is 11.8 Å². The lowest BCUT2D eigenvalue weighted by Crippen LogP contribution is -1.83. The van der Waals surface area contributed by atoms with Crippen molar-refractivity contribution < 1.29 is 18.1 Å². The fourth-order valence-electron chi connectivity index (χ4n) is 2.27. The molecule has 7 nitrogen and oxygen atoms in total. The Bertz CT molecular complexity index is 1030. The molecular weight excluding hydrogens is 371 g/mol. The molecule has 2 heterocycles. The van der Waals surface area contributed by atoms with Crippen molar-refractivity contribution in [3.05, 3.63) is 60.2 Å². The highest BCUT2D eigenvalue weighted by molar-refractivity contribution is 7.98. The molecule has 0 saturated carbocycles. The Hall–Kier alpha value is -3.20. The number of halogens is 1. The summed E-state index contributed by atoms with van der Waals surface area (Å²) in [6, 6.07) is 13.2. The third kappa shape index (κ3) is 3.98. The maximum atomic E-state index is 13.0. The fourth-order valence-corrected chi connectivity index (χ4v) is 2.87. The average Bonchev–Trinajstić information content (AvgIpc) is 3.37. The van der Waals surface area contributed by atoms with Crippen LogP contribution >= 0.6 is 11.8 Å². The van der Waals surface area contributed by atoms with E-state index in [1.54, 1.807) is 19.2 Å². The van der Waals surface area contributed by atoms with Gasteiger partial charge in [-0.15, -0.1) is 10.2 Å². The molecule has 0 aliphatic rings. The van der Waals surface area contributed by atoms with E-state index in [9.17, 15) is 4.39 Å². The second-order valence-electron chi connectivity index (χ2n) is 5.41. The van der Waals surface area contributed by atoms with Gasteiger partial charge in [-0.05, 0) is 48.5 Å². The number of nitrogens with zero attached hydrogens (tertiary/aromatic N) is 4. The molecule has 0 unspecified atom stereocenters. The minimum atomic E-state index is -0.318. The van der Waals surface area contributed by atoms with Crippen LogP contribution in [-0.2, 0) is 5.75 Å². The molecule has 4 aromatic rings. The Morgan fingerprint density at radius 3 is 2.48 bits per heavy atom. The van der Waals surface area contributed by atoms with Gasteiger partial charge in [0.25, 0.3) is 5.22 Å². The van der Waals surface area contributed by atoms with Gasteiger partial charge < -0.3 is 13.7 Å². The van der Waals surface area contributed by atoms with Crippen LogP contribution < -0.4 is 4.74 Å². The minimum Gasteiger partial charge on any atom is -0.497 e. The molecule has 0 amide bonds. The number of thioether (sulfide) groups is 1. The van der Waals surface area contributed by atoms with Crippen LogP contribution in [0.25, 0.3) is 22.8 Å². The Labute approximate surface area is 157 Å². The van der Waals surface area contributed by atoms with Gasteiger partial charge in [-0.2, -0.15) is 4.98 Å². The maximum Gasteiger partial charge on any atom is 0.277 e. The largest absolute Gasteiger partial charge is 0.497 e. The molecule has 0 aliphatic carbocycles. The van der Waals surface area contributed by atoms with E-state index < -0.39 is 0 Å². The first-order valence-electron chi connectivity index (χ1n) is 7.90. The summed E-state index contributed by atoms with van der Waals surface area (Å²) in [5.74, 6) is 2.03. The van der Waals surface area contributed by atoms with E-state index >= 15 is 0 Å². The van der Waals surface area contributed by atoms with E-state index in [-0.39, 0.29) is 5.82 Å². The summed E-state index contributed by atoms with van der Waals surface area (Å²) in [6.07, 6.45) is 0. The van der Waals surface area contributed by atoms with Gasteiger partial charge in [0.1, 0.15) is 11.6 Å². The maximum absolute atomic E-state index is 13.0. The molecule has 4 rings (SSSR count). The van der Waals surface area contributed by atoms with E-state index in [1.807, 2.05) is 24.3 Å². The second kappa shape index (κ2) is 7.58. The van der Waals surface area contributed by atoms with Crippen molar-refractivity contribution in [1.29, 1.82) is 0 Å². The summed E-state index contributed by atoms with van der Waals surface area (Å²) in [4.78, 5) is 4.28. The van der Waals surface area contributed by atoms with Gasteiger partial charge in [0, 0.05) is 11.1 Å². The summed E-state index contributed by atoms with van der Waals surface area (Å²) in [6.45, 7) is 0. The lowest BCUT2D eigenvalue weighted by molar-refractivity contribution is 0.391. The Morgan fingerprint density at radius 2 is 1.74 bits per heavy atom. The lowest BCUT2D eigenvalue weighted by atomic mass is 10.2. The zero-order valence-electron chi connectivity index (χ0n) is 14.1. The fraction of sp³-hybridized carbons (Fsp3) is 0.111. The highest BCUT2D eigenvalue weighted by atomic mass is 32.2. The summed E-state index contributed by atoms with van der Waals surface area (Å²) in [7, 11) is 1.61. The molecule has 0 N–H and O–H groups in total. The molecule has 0 bridgehead atoms. The smallest absolute Gasteiger partial charge is 0.277 e. The SMILES string of the molecule is COc1ccc(-c2nnc(SCc3nc(-c4ccc(F)cc4)no3)o2)cc1. The van der Waals surface area contributed by atoms with E-state index in [4.69, 9.17) is 13.7 Å². The predicted molar refractivity (Wildman–Crippen MR) is 95.5 cm³/mol. The van der Waals surface area contributed by atoms with Crippen molar-refractivity contribution in [2.45, 2.75) is 11.0 Å². The topological polar surface area (TPSA) is 87.1 Å². The standard InChI is InChI=1S/C18H13FN4O3S/c1-24-14-8-4-12(5-9-14)17-21-22-18(25-17)27-10-15-20-16(23-26-15)11-2-6-13(19)7-3-11/h2-9H,10H2,1H3. The van der Waals surface area contributed by atoms with Gasteiger partial charge in [0.15, 0.2) is 0 Å². The predicted octanol–water partition coefficient (Wildman–Crippen LogP) is 4.23. The Kier molecular flexibility index (Phi) is 4.84. The summed E-state index contributed by atoms with van der Waals surface area (Å²) in [5.41, 5.74) is 1.47. The molecular formula is C18H13FN4O3S. The number of aromatic nitrogens is 4. The van der Waals surface area contributed by atoms with Crippen LogP contribution in [-0.4, -0.2) is 27.4 Å². The van der Waals surface area contributed by atoms with Crippen LogP contribution in [0.15, 0.2) is 62.7 Å². The Morgan fingerprint density at radius 1 is 1.00 bits per heavy atom. The monoisotopic (exact) mass is 384 g/mol. The molecule has 9 heteroatoms. The van der Waals surface area contributed by atoms with Crippen LogP contribution in [0.2, 0.25) is 0 Å². The average molecular weight is 384 g/mol. The number of benzene rings is 2. The molecule has 0 radical (unpaired) electrons. The van der Waals surface area contributed by atoms with E-state index in [0.717, 1.165) is 11.3 Å². The third-order valence-electron chi connectivity index (χ3n) is 3.63. The Balaban J connectivity index is 1.40. The molecule has 27 heavy (non-hydrogen) atoms. The van der Waals surface area contributed by atoms with Crippen LogP contribution in [0.1, 0.15) is 5.89 Å². The van der Waals surface area contributed by atoms with Gasteiger partial charge in [0.05, 0.1) is 12.9 Å². The summed E-state index contributed by atoms with van der Waals surface area (Å²) >= 11 is 1.29. The van der Waals surface area contributed by atoms with Gasteiger partial charge in [-0.3, -0.25) is 0 Å². The quantitative estimate of drug-likeness (QED) is 0.457. The number of rotatable bonds is 6. The third-order valence-corrected chi connectivity index (χ3v) is 4.44. The lowest BCUT2D eigenvalue weighted by Gasteiger charge is -1.99.